The van der Waals surface area contributed by atoms with E-state index in [1.165, 1.54) is 24.5 Å². The van der Waals surface area contributed by atoms with Crippen molar-refractivity contribution in [1.29, 1.82) is 0 Å². The first kappa shape index (κ1) is 16.7. The molecule has 0 spiro atoms. The Morgan fingerprint density at radius 3 is 2.76 bits per heavy atom. The summed E-state index contributed by atoms with van der Waals surface area (Å²) in [4.78, 5) is 1.08. The monoisotopic (exact) mass is 391 g/mol. The summed E-state index contributed by atoms with van der Waals surface area (Å²) >= 11 is 11.1. The van der Waals surface area contributed by atoms with Gasteiger partial charge in [0.25, 0.3) is 0 Å². The third-order valence-electron chi connectivity index (χ3n) is 3.06. The minimum absolute atomic E-state index is 0.0340. The molecule has 0 aliphatic rings. The van der Waals surface area contributed by atoms with Crippen molar-refractivity contribution in [2.45, 2.75) is 19.4 Å². The normalized spacial score (nSPS) is 12.4. The molecule has 2 rings (SSSR count). The highest BCUT2D eigenvalue weighted by Crippen LogP contribution is 2.38. The van der Waals surface area contributed by atoms with Crippen molar-refractivity contribution in [1.82, 2.24) is 5.32 Å². The number of hydrogen-bond donors (Lipinski definition) is 1. The van der Waals surface area contributed by atoms with Crippen LogP contribution >= 0.6 is 38.9 Å². The van der Waals surface area contributed by atoms with E-state index < -0.39 is 0 Å². The Kier molecular flexibility index (Phi) is 6.05. The summed E-state index contributed by atoms with van der Waals surface area (Å²) in [5.74, 6) is -0.113. The summed E-state index contributed by atoms with van der Waals surface area (Å²) in [6, 6.07) is 6.89. The van der Waals surface area contributed by atoms with Crippen LogP contribution in [0.15, 0.2) is 28.7 Å². The average Bonchev–Trinajstić information content (AvgIpc) is 2.80. The molecule has 0 fully saturated rings. The molecular formula is C15H16BrClFNOS. The van der Waals surface area contributed by atoms with Gasteiger partial charge in [-0.25, -0.2) is 4.39 Å². The van der Waals surface area contributed by atoms with Crippen LogP contribution < -0.4 is 10.1 Å². The molecule has 0 saturated heterocycles. The number of thiophene rings is 1. The number of nitrogens with one attached hydrogen (secondary N) is 1. The first-order chi connectivity index (χ1) is 10.1. The molecular weight excluding hydrogens is 377 g/mol. The second-order valence-electron chi connectivity index (χ2n) is 4.55. The quantitative estimate of drug-likeness (QED) is 0.710. The van der Waals surface area contributed by atoms with Gasteiger partial charge in [0.1, 0.15) is 4.34 Å². The zero-order chi connectivity index (χ0) is 15.4. The fourth-order valence-electron chi connectivity index (χ4n) is 2.03. The molecule has 0 aliphatic heterocycles. The molecule has 1 aromatic carbocycles. The van der Waals surface area contributed by atoms with Crippen molar-refractivity contribution in [3.8, 4) is 5.75 Å². The van der Waals surface area contributed by atoms with Crippen LogP contribution in [0.5, 0.6) is 5.75 Å². The third kappa shape index (κ3) is 3.97. The summed E-state index contributed by atoms with van der Waals surface area (Å²) in [5, 5.41) is 3.47. The second kappa shape index (κ2) is 7.58. The van der Waals surface area contributed by atoms with E-state index in [0.717, 1.165) is 27.9 Å². The second-order valence-corrected chi connectivity index (χ2v) is 7.09. The first-order valence-corrected chi connectivity index (χ1v) is 8.57. The van der Waals surface area contributed by atoms with Crippen molar-refractivity contribution < 1.29 is 9.13 Å². The van der Waals surface area contributed by atoms with Gasteiger partial charge in [0, 0.05) is 9.35 Å². The van der Waals surface area contributed by atoms with E-state index >= 15 is 0 Å². The van der Waals surface area contributed by atoms with E-state index in [0.29, 0.717) is 4.34 Å². The Labute approximate surface area is 141 Å². The lowest BCUT2D eigenvalue weighted by molar-refractivity contribution is 0.385. The van der Waals surface area contributed by atoms with Gasteiger partial charge in [0.15, 0.2) is 11.6 Å². The van der Waals surface area contributed by atoms with Gasteiger partial charge in [0.2, 0.25) is 0 Å². The van der Waals surface area contributed by atoms with Crippen LogP contribution in [0.2, 0.25) is 4.34 Å². The highest BCUT2D eigenvalue weighted by molar-refractivity contribution is 9.10. The van der Waals surface area contributed by atoms with Crippen molar-refractivity contribution >= 4 is 38.9 Å². The predicted molar refractivity (Wildman–Crippen MR) is 90.1 cm³/mol. The van der Waals surface area contributed by atoms with Crippen LogP contribution in [0, 0.1) is 5.82 Å². The summed E-state index contributed by atoms with van der Waals surface area (Å²) in [6.45, 7) is 2.96. The maximum Gasteiger partial charge on any atom is 0.165 e. The van der Waals surface area contributed by atoms with Gasteiger partial charge in [-0.2, -0.15) is 0 Å². The molecule has 1 atom stereocenters. The summed E-state index contributed by atoms with van der Waals surface area (Å²) in [6.07, 6.45) is 1.01. The van der Waals surface area contributed by atoms with Crippen LogP contribution in [0.3, 0.4) is 0 Å². The zero-order valence-corrected chi connectivity index (χ0v) is 14.9. The van der Waals surface area contributed by atoms with E-state index in [1.54, 1.807) is 12.1 Å². The molecule has 114 valence electrons. The molecule has 2 aromatic rings. The molecule has 0 bridgehead atoms. The number of halogens is 3. The highest BCUT2D eigenvalue weighted by atomic mass is 79.9. The maximum absolute atomic E-state index is 13.6. The number of hydrogen-bond acceptors (Lipinski definition) is 3. The van der Waals surface area contributed by atoms with Crippen LogP contribution in [-0.2, 0) is 0 Å². The standard InChI is InChI=1S/C15H16BrClFNOS/c1-3-6-19-14(13-8-10(16)15(17)21-13)9-4-5-11(18)12(7-9)20-2/h4-5,7-8,14,19H,3,6H2,1-2H3. The fraction of sp³-hybridized carbons (Fsp3) is 0.333. The van der Waals surface area contributed by atoms with Gasteiger partial charge < -0.3 is 10.1 Å². The number of benzene rings is 1. The number of methoxy groups -OCH3 is 1. The molecule has 1 unspecified atom stereocenters. The fourth-order valence-corrected chi connectivity index (χ4v) is 3.87. The highest BCUT2D eigenvalue weighted by Gasteiger charge is 2.19. The average molecular weight is 393 g/mol. The predicted octanol–water partition coefficient (Wildman–Crippen LogP) is 5.40. The Morgan fingerprint density at radius 1 is 1.43 bits per heavy atom. The summed E-state index contributed by atoms with van der Waals surface area (Å²) in [7, 11) is 1.47. The van der Waals surface area contributed by atoms with Gasteiger partial charge in [-0.15, -0.1) is 11.3 Å². The van der Waals surface area contributed by atoms with Crippen molar-refractivity contribution in [2.24, 2.45) is 0 Å². The Balaban J connectivity index is 2.39. The number of ether oxygens (including phenoxy) is 1. The molecule has 0 radical (unpaired) electrons. The molecule has 2 nitrogen and oxygen atoms in total. The lowest BCUT2D eigenvalue weighted by Crippen LogP contribution is -2.22. The third-order valence-corrected chi connectivity index (χ3v) is 5.60. The number of rotatable bonds is 6. The van der Waals surface area contributed by atoms with Gasteiger partial charge in [-0.1, -0.05) is 24.6 Å². The van der Waals surface area contributed by atoms with E-state index in [4.69, 9.17) is 16.3 Å². The zero-order valence-electron chi connectivity index (χ0n) is 11.8. The van der Waals surface area contributed by atoms with E-state index in [-0.39, 0.29) is 17.6 Å². The van der Waals surface area contributed by atoms with Crippen LogP contribution in [-0.4, -0.2) is 13.7 Å². The maximum atomic E-state index is 13.6. The van der Waals surface area contributed by atoms with Gasteiger partial charge >= 0.3 is 0 Å². The van der Waals surface area contributed by atoms with E-state index in [2.05, 4.69) is 28.2 Å². The topological polar surface area (TPSA) is 21.3 Å². The van der Waals surface area contributed by atoms with Gasteiger partial charge in [-0.3, -0.25) is 0 Å². The molecule has 1 N–H and O–H groups in total. The van der Waals surface area contributed by atoms with Crippen LogP contribution in [0.1, 0.15) is 29.8 Å². The van der Waals surface area contributed by atoms with Gasteiger partial charge in [0.05, 0.1) is 13.2 Å². The van der Waals surface area contributed by atoms with Gasteiger partial charge in [-0.05, 0) is 52.7 Å². The Morgan fingerprint density at radius 2 is 2.19 bits per heavy atom. The molecule has 21 heavy (non-hydrogen) atoms. The van der Waals surface area contributed by atoms with E-state index in [9.17, 15) is 4.39 Å². The van der Waals surface area contributed by atoms with E-state index in [1.807, 2.05) is 6.07 Å². The molecule has 1 aromatic heterocycles. The largest absolute Gasteiger partial charge is 0.494 e. The smallest absolute Gasteiger partial charge is 0.165 e. The molecule has 6 heteroatoms. The lowest BCUT2D eigenvalue weighted by Gasteiger charge is -2.18. The Bertz CT molecular complexity index is 600. The first-order valence-electron chi connectivity index (χ1n) is 6.58. The molecule has 0 amide bonds. The Hall–Kier alpha value is -0.620. The van der Waals surface area contributed by atoms with Crippen molar-refractivity contribution in [3.63, 3.8) is 0 Å². The summed E-state index contributed by atoms with van der Waals surface area (Å²) in [5.41, 5.74) is 0.951. The molecule has 0 saturated carbocycles. The van der Waals surface area contributed by atoms with Crippen molar-refractivity contribution in [2.75, 3.05) is 13.7 Å². The molecule has 0 aliphatic carbocycles. The summed E-state index contributed by atoms with van der Waals surface area (Å²) < 4.78 is 20.2. The minimum Gasteiger partial charge on any atom is -0.494 e. The SMILES string of the molecule is CCCNC(c1ccc(F)c(OC)c1)c1cc(Br)c(Cl)s1. The van der Waals surface area contributed by atoms with Crippen molar-refractivity contribution in [3.05, 3.63) is 49.3 Å². The molecule has 1 heterocycles. The lowest BCUT2D eigenvalue weighted by atomic mass is 10.0. The minimum atomic E-state index is -0.360. The van der Waals surface area contributed by atoms with Crippen LogP contribution in [0.4, 0.5) is 4.39 Å². The van der Waals surface area contributed by atoms with Crippen LogP contribution in [0.25, 0.3) is 0 Å².